The first-order valence-corrected chi connectivity index (χ1v) is 4.98. The van der Waals surface area contributed by atoms with Crippen LogP contribution in [-0.4, -0.2) is 0 Å². The quantitative estimate of drug-likeness (QED) is 0.450. The number of rotatable bonds is 0. The Labute approximate surface area is 100 Å². The molecule has 0 saturated carbocycles. The van der Waals surface area contributed by atoms with Crippen molar-refractivity contribution in [3.63, 3.8) is 0 Å². The first kappa shape index (κ1) is 13.7. The summed E-state index contributed by atoms with van der Waals surface area (Å²) in [5.41, 5.74) is -0.00979. The van der Waals surface area contributed by atoms with E-state index in [1.54, 1.807) is 0 Å². The van der Waals surface area contributed by atoms with Crippen molar-refractivity contribution < 1.29 is 48.5 Å². The van der Waals surface area contributed by atoms with Crippen LogP contribution in [0.25, 0.3) is 0 Å². The summed E-state index contributed by atoms with van der Waals surface area (Å²) in [5.74, 6) is 2.72. The predicted octanol–water partition coefficient (Wildman–Crippen LogP) is -0.435. The summed E-state index contributed by atoms with van der Waals surface area (Å²) in [7, 11) is 0. The molecule has 0 spiro atoms. The van der Waals surface area contributed by atoms with Crippen molar-refractivity contribution in [2.45, 2.75) is 6.18 Å². The van der Waals surface area contributed by atoms with Crippen LogP contribution in [-0.2, 0) is 24.5 Å². The van der Waals surface area contributed by atoms with Crippen LogP contribution in [0.3, 0.4) is 0 Å². The van der Waals surface area contributed by atoms with Crippen molar-refractivity contribution in [3.8, 4) is 10.4 Å². The van der Waals surface area contributed by atoms with Crippen LogP contribution in [0, 0.1) is 10.4 Å². The molecular formula is C9H4BrF3Zn. The molecule has 0 unspecified atom stereocenters. The molecule has 0 aliphatic carbocycles. The van der Waals surface area contributed by atoms with Gasteiger partial charge in [-0.1, -0.05) is 0 Å². The van der Waals surface area contributed by atoms with E-state index in [0.29, 0.717) is 5.56 Å². The Morgan fingerprint density at radius 3 is 1.93 bits per heavy atom. The second kappa shape index (κ2) is 5.53. The molecule has 0 heterocycles. The molecule has 0 nitrogen and oxygen atoms in total. The van der Waals surface area contributed by atoms with E-state index in [9.17, 15) is 13.2 Å². The van der Waals surface area contributed by atoms with Crippen molar-refractivity contribution >= 4 is 0 Å². The standard InChI is InChI=1S/C9H4F3.BrH.Zn/c1-2-7-3-5-8(6-4-7)9(10,11)12;;/h3-6H;1H;/q;;+1/p-1. The van der Waals surface area contributed by atoms with E-state index in [4.69, 9.17) is 0 Å². The van der Waals surface area contributed by atoms with Gasteiger partial charge < -0.3 is 17.0 Å². The van der Waals surface area contributed by atoms with Crippen molar-refractivity contribution in [3.05, 3.63) is 35.4 Å². The molecule has 0 aromatic heterocycles. The molecule has 14 heavy (non-hydrogen) atoms. The minimum absolute atomic E-state index is 0. The maximum Gasteiger partial charge on any atom is -1.00 e. The van der Waals surface area contributed by atoms with E-state index in [1.807, 2.05) is 0 Å². The molecular weight excluding hydrogens is 310 g/mol. The number of hydrogen-bond acceptors (Lipinski definition) is 0. The van der Waals surface area contributed by atoms with Gasteiger partial charge in [-0.25, -0.2) is 0 Å². The average molecular weight is 314 g/mol. The molecule has 1 rings (SSSR count). The first-order chi connectivity index (χ1) is 6.04. The van der Waals surface area contributed by atoms with Gasteiger partial charge in [0.1, 0.15) is 0 Å². The van der Waals surface area contributed by atoms with Crippen LogP contribution >= 0.6 is 0 Å². The Morgan fingerprint density at radius 2 is 1.57 bits per heavy atom. The predicted molar refractivity (Wildman–Crippen MR) is 38.3 cm³/mol. The molecule has 0 fully saturated rings. The number of alkyl halides is 3. The van der Waals surface area contributed by atoms with Crippen LogP contribution in [0.4, 0.5) is 13.2 Å². The second-order valence-electron chi connectivity index (χ2n) is 2.38. The zero-order valence-corrected chi connectivity index (χ0v) is 11.6. The van der Waals surface area contributed by atoms with Crippen molar-refractivity contribution in [1.82, 2.24) is 0 Å². The van der Waals surface area contributed by atoms with E-state index in [2.05, 4.69) is 10.4 Å². The molecule has 5 heteroatoms. The average Bonchev–Trinajstić information content (AvgIpc) is 2.04. The summed E-state index contributed by atoms with van der Waals surface area (Å²) in [6, 6.07) is 4.84. The topological polar surface area (TPSA) is 0 Å². The third-order valence-electron chi connectivity index (χ3n) is 1.44. The van der Waals surface area contributed by atoms with Crippen LogP contribution < -0.4 is 17.0 Å². The van der Waals surface area contributed by atoms with E-state index >= 15 is 0 Å². The SMILES string of the molecule is FC(F)(F)c1ccc(C#[C][Zn+])cc1.[Br-]. The smallest absolute Gasteiger partial charge is 1.00 e. The zero-order valence-electron chi connectivity index (χ0n) is 7.03. The molecule has 0 amide bonds. The van der Waals surface area contributed by atoms with Gasteiger partial charge >= 0.3 is 83.5 Å². The van der Waals surface area contributed by atoms with E-state index < -0.39 is 11.7 Å². The summed E-state index contributed by atoms with van der Waals surface area (Å²) >= 11 is 0.820. The van der Waals surface area contributed by atoms with Gasteiger partial charge in [0.15, 0.2) is 0 Å². The zero-order chi connectivity index (χ0) is 9.90. The van der Waals surface area contributed by atoms with Gasteiger partial charge in [-0.05, 0) is 0 Å². The number of halogens is 4. The summed E-state index contributed by atoms with van der Waals surface area (Å²) in [4.78, 5) is 0. The van der Waals surface area contributed by atoms with Crippen LogP contribution in [0.5, 0.6) is 0 Å². The molecule has 0 bridgehead atoms. The Balaban J connectivity index is 0.00000169. The van der Waals surface area contributed by atoms with Crippen LogP contribution in [0.2, 0.25) is 0 Å². The minimum Gasteiger partial charge on any atom is -1.00 e. The third kappa shape index (κ3) is 3.81. The van der Waals surface area contributed by atoms with E-state index in [-0.39, 0.29) is 17.0 Å². The normalized spacial score (nSPS) is 9.79. The molecule has 0 aliphatic heterocycles. The van der Waals surface area contributed by atoms with E-state index in [0.717, 1.165) is 30.4 Å². The Morgan fingerprint density at radius 1 is 1.07 bits per heavy atom. The molecule has 0 saturated heterocycles. The third-order valence-corrected chi connectivity index (χ3v) is 1.82. The van der Waals surface area contributed by atoms with Crippen LogP contribution in [0.15, 0.2) is 24.3 Å². The van der Waals surface area contributed by atoms with Gasteiger partial charge in [-0.3, -0.25) is 0 Å². The van der Waals surface area contributed by atoms with E-state index in [1.165, 1.54) is 12.1 Å². The molecule has 70 valence electrons. The second-order valence-corrected chi connectivity index (χ2v) is 3.12. The van der Waals surface area contributed by atoms with Gasteiger partial charge in [-0.15, -0.1) is 0 Å². The van der Waals surface area contributed by atoms with Gasteiger partial charge in [0.05, 0.1) is 0 Å². The molecule has 0 aliphatic rings. The summed E-state index contributed by atoms with van der Waals surface area (Å²) < 4.78 is 39.0. The molecule has 0 atom stereocenters. The van der Waals surface area contributed by atoms with Gasteiger partial charge in [0.25, 0.3) is 0 Å². The largest absolute Gasteiger partial charge is 1.00 e. The Hall–Kier alpha value is -0.327. The van der Waals surface area contributed by atoms with Crippen molar-refractivity contribution in [2.75, 3.05) is 0 Å². The molecule has 1 aromatic carbocycles. The molecule has 0 radical (unpaired) electrons. The number of benzene rings is 1. The molecule has 1 aromatic rings. The van der Waals surface area contributed by atoms with Gasteiger partial charge in [0.2, 0.25) is 0 Å². The summed E-state index contributed by atoms with van der Waals surface area (Å²) in [6.07, 6.45) is -4.26. The first-order valence-electron chi connectivity index (χ1n) is 3.49. The van der Waals surface area contributed by atoms with Crippen molar-refractivity contribution in [2.24, 2.45) is 0 Å². The fourth-order valence-electron chi connectivity index (χ4n) is 0.845. The fraction of sp³-hybridized carbons (Fsp3) is 0.111. The fourth-order valence-corrected chi connectivity index (χ4v) is 1.27. The van der Waals surface area contributed by atoms with Crippen molar-refractivity contribution in [1.29, 1.82) is 0 Å². The Bertz CT molecular complexity index is 345. The minimum atomic E-state index is -4.26. The monoisotopic (exact) mass is 312 g/mol. The number of hydrogen-bond donors (Lipinski definition) is 0. The summed E-state index contributed by atoms with van der Waals surface area (Å²) in [6.45, 7) is 0. The summed E-state index contributed by atoms with van der Waals surface area (Å²) in [5, 5.41) is 0. The molecule has 0 N–H and O–H groups in total. The van der Waals surface area contributed by atoms with Gasteiger partial charge in [0, 0.05) is 0 Å². The van der Waals surface area contributed by atoms with Crippen LogP contribution in [0.1, 0.15) is 11.1 Å². The maximum absolute atomic E-state index is 12.1. The maximum atomic E-state index is 12.1. The van der Waals surface area contributed by atoms with Gasteiger partial charge in [-0.2, -0.15) is 0 Å². The Kier molecular flexibility index (Phi) is 5.40.